The molecule has 1 aromatic carbocycles. The molecule has 0 aliphatic heterocycles. The highest BCUT2D eigenvalue weighted by atomic mass is 16.6. The number of carbonyl (C=O) groups is 1. The monoisotopic (exact) mass is 193 g/mol. The predicted octanol–water partition coefficient (Wildman–Crippen LogP) is 2.21. The summed E-state index contributed by atoms with van der Waals surface area (Å²) in [5.41, 5.74) is 1.30. The lowest BCUT2D eigenvalue weighted by atomic mass is 9.96. The minimum atomic E-state index is -0.456. The summed E-state index contributed by atoms with van der Waals surface area (Å²) in [7, 11) is 0. The third-order valence-corrected chi connectivity index (χ3v) is 2.16. The second kappa shape index (κ2) is 4.00. The number of hydrogen-bond donors (Lipinski definition) is 0. The Bertz CT molecular complexity index is 374. The normalized spacial score (nSPS) is 12.1. The summed E-state index contributed by atoms with van der Waals surface area (Å²) in [4.78, 5) is 20.8. The second-order valence-electron chi connectivity index (χ2n) is 3.19. The van der Waals surface area contributed by atoms with Crippen molar-refractivity contribution in [3.05, 3.63) is 39.4 Å². The van der Waals surface area contributed by atoms with E-state index in [-0.39, 0.29) is 5.69 Å². The summed E-state index contributed by atoms with van der Waals surface area (Å²) in [6.07, 6.45) is 0.718. The molecule has 0 N–H and O–H groups in total. The minimum Gasteiger partial charge on any atom is -0.303 e. The van der Waals surface area contributed by atoms with Gasteiger partial charge in [-0.15, -0.1) is 0 Å². The van der Waals surface area contributed by atoms with E-state index in [4.69, 9.17) is 0 Å². The van der Waals surface area contributed by atoms with Crippen molar-refractivity contribution in [3.63, 3.8) is 0 Å². The molecule has 4 heteroatoms. The van der Waals surface area contributed by atoms with E-state index in [1.54, 1.807) is 26.0 Å². The van der Waals surface area contributed by atoms with Crippen LogP contribution in [0.4, 0.5) is 5.69 Å². The van der Waals surface area contributed by atoms with Crippen molar-refractivity contribution < 1.29 is 9.72 Å². The average molecular weight is 193 g/mol. The summed E-state index contributed by atoms with van der Waals surface area (Å²) in [5, 5.41) is 10.7. The van der Waals surface area contributed by atoms with Gasteiger partial charge in [0, 0.05) is 17.5 Å². The zero-order chi connectivity index (χ0) is 10.7. The smallest absolute Gasteiger partial charge is 0.273 e. The molecule has 0 bridgehead atoms. The van der Waals surface area contributed by atoms with E-state index in [1.807, 2.05) is 0 Å². The Morgan fingerprint density at radius 3 is 2.64 bits per heavy atom. The van der Waals surface area contributed by atoms with Crippen LogP contribution in [0.1, 0.15) is 24.0 Å². The van der Waals surface area contributed by atoms with Gasteiger partial charge in [0.1, 0.15) is 6.29 Å². The van der Waals surface area contributed by atoms with E-state index in [1.165, 1.54) is 6.07 Å². The quantitative estimate of drug-likeness (QED) is 0.420. The maximum Gasteiger partial charge on any atom is 0.273 e. The fourth-order valence-corrected chi connectivity index (χ4v) is 1.48. The van der Waals surface area contributed by atoms with Crippen LogP contribution >= 0.6 is 0 Å². The van der Waals surface area contributed by atoms with Gasteiger partial charge in [-0.05, 0) is 12.5 Å². The predicted molar refractivity (Wildman–Crippen MR) is 52.3 cm³/mol. The molecule has 0 fully saturated rings. The fourth-order valence-electron chi connectivity index (χ4n) is 1.48. The molecule has 14 heavy (non-hydrogen) atoms. The molecule has 1 aromatic rings. The van der Waals surface area contributed by atoms with Crippen LogP contribution in [0, 0.1) is 17.0 Å². The van der Waals surface area contributed by atoms with E-state index < -0.39 is 10.8 Å². The first-order valence-corrected chi connectivity index (χ1v) is 4.27. The summed E-state index contributed by atoms with van der Waals surface area (Å²) in [6.45, 7) is 3.42. The van der Waals surface area contributed by atoms with Crippen molar-refractivity contribution in [2.45, 2.75) is 19.8 Å². The highest BCUT2D eigenvalue weighted by Gasteiger charge is 2.19. The van der Waals surface area contributed by atoms with Gasteiger partial charge in [-0.3, -0.25) is 10.1 Å². The molecule has 1 rings (SSSR count). The van der Waals surface area contributed by atoms with Crippen molar-refractivity contribution in [2.24, 2.45) is 0 Å². The Balaban J connectivity index is 3.36. The molecule has 1 unspecified atom stereocenters. The van der Waals surface area contributed by atoms with Gasteiger partial charge >= 0.3 is 0 Å². The maximum atomic E-state index is 10.7. The molecule has 0 saturated carbocycles. The van der Waals surface area contributed by atoms with Crippen LogP contribution < -0.4 is 0 Å². The fraction of sp³-hybridized carbons (Fsp3) is 0.300. The van der Waals surface area contributed by atoms with E-state index in [9.17, 15) is 14.9 Å². The maximum absolute atomic E-state index is 10.7. The van der Waals surface area contributed by atoms with Crippen LogP contribution in [0.5, 0.6) is 0 Å². The molecule has 1 atom stereocenters. The van der Waals surface area contributed by atoms with Crippen LogP contribution in [0.2, 0.25) is 0 Å². The van der Waals surface area contributed by atoms with E-state index in [0.717, 1.165) is 11.8 Å². The van der Waals surface area contributed by atoms with Crippen LogP contribution in [0.3, 0.4) is 0 Å². The SMILES string of the molecule is Cc1cccc([N+](=O)[O-])c1C(C)C=O. The molecule has 74 valence electrons. The Morgan fingerprint density at radius 2 is 2.14 bits per heavy atom. The van der Waals surface area contributed by atoms with Crippen LogP contribution in [0.15, 0.2) is 18.2 Å². The number of benzene rings is 1. The zero-order valence-corrected chi connectivity index (χ0v) is 8.06. The average Bonchev–Trinajstić information content (AvgIpc) is 2.16. The number of nitro benzene ring substituents is 1. The third-order valence-electron chi connectivity index (χ3n) is 2.16. The topological polar surface area (TPSA) is 60.2 Å². The molecular formula is C10H11NO3. The lowest BCUT2D eigenvalue weighted by molar-refractivity contribution is -0.385. The van der Waals surface area contributed by atoms with Gasteiger partial charge in [0.25, 0.3) is 5.69 Å². The van der Waals surface area contributed by atoms with Crippen LogP contribution in [-0.4, -0.2) is 11.2 Å². The van der Waals surface area contributed by atoms with Crippen molar-refractivity contribution in [3.8, 4) is 0 Å². The minimum absolute atomic E-state index is 0.0181. The van der Waals surface area contributed by atoms with E-state index in [2.05, 4.69) is 0 Å². The number of aldehydes is 1. The van der Waals surface area contributed by atoms with Gasteiger partial charge in [0.15, 0.2) is 0 Å². The number of carbonyl (C=O) groups excluding carboxylic acids is 1. The van der Waals surface area contributed by atoms with Crippen LogP contribution in [0.25, 0.3) is 0 Å². The number of nitrogens with zero attached hydrogens (tertiary/aromatic N) is 1. The summed E-state index contributed by atoms with van der Waals surface area (Å²) < 4.78 is 0. The second-order valence-corrected chi connectivity index (χ2v) is 3.19. The Hall–Kier alpha value is -1.71. The Kier molecular flexibility index (Phi) is 2.96. The first-order valence-electron chi connectivity index (χ1n) is 4.27. The molecule has 0 aliphatic carbocycles. The first kappa shape index (κ1) is 10.4. The van der Waals surface area contributed by atoms with Gasteiger partial charge in [0.2, 0.25) is 0 Å². The van der Waals surface area contributed by atoms with Gasteiger partial charge in [0.05, 0.1) is 4.92 Å². The first-order chi connectivity index (χ1) is 6.57. The molecule has 0 heterocycles. The molecule has 0 amide bonds. The largest absolute Gasteiger partial charge is 0.303 e. The lowest BCUT2D eigenvalue weighted by Gasteiger charge is -2.08. The molecule has 0 spiro atoms. The lowest BCUT2D eigenvalue weighted by Crippen LogP contribution is -2.03. The summed E-state index contributed by atoms with van der Waals surface area (Å²) in [6, 6.07) is 4.80. The molecule has 0 aliphatic rings. The highest BCUT2D eigenvalue weighted by Crippen LogP contribution is 2.28. The standard InChI is InChI=1S/C10H11NO3/c1-7-4-3-5-9(11(13)14)10(7)8(2)6-12/h3-6,8H,1-2H3. The molecule has 0 aromatic heterocycles. The van der Waals surface area contributed by atoms with Crippen molar-refractivity contribution >= 4 is 12.0 Å². The van der Waals surface area contributed by atoms with Gasteiger partial charge < -0.3 is 4.79 Å². The number of hydrogen-bond acceptors (Lipinski definition) is 3. The summed E-state index contributed by atoms with van der Waals surface area (Å²) >= 11 is 0. The van der Waals surface area contributed by atoms with Crippen molar-refractivity contribution in [1.29, 1.82) is 0 Å². The number of rotatable bonds is 3. The molecule has 0 saturated heterocycles. The van der Waals surface area contributed by atoms with Crippen molar-refractivity contribution in [1.82, 2.24) is 0 Å². The van der Waals surface area contributed by atoms with Gasteiger partial charge in [-0.25, -0.2) is 0 Å². The zero-order valence-electron chi connectivity index (χ0n) is 8.06. The highest BCUT2D eigenvalue weighted by molar-refractivity contribution is 5.66. The molecule has 4 nitrogen and oxygen atoms in total. The van der Waals surface area contributed by atoms with E-state index >= 15 is 0 Å². The number of nitro groups is 1. The Labute approximate surface area is 81.7 Å². The van der Waals surface area contributed by atoms with Crippen LogP contribution in [-0.2, 0) is 4.79 Å². The Morgan fingerprint density at radius 1 is 1.50 bits per heavy atom. The van der Waals surface area contributed by atoms with Gasteiger partial charge in [-0.2, -0.15) is 0 Å². The van der Waals surface area contributed by atoms with Gasteiger partial charge in [-0.1, -0.05) is 19.1 Å². The third kappa shape index (κ3) is 1.79. The van der Waals surface area contributed by atoms with E-state index in [0.29, 0.717) is 5.56 Å². The summed E-state index contributed by atoms with van der Waals surface area (Å²) in [5.74, 6) is -0.434. The van der Waals surface area contributed by atoms with Crippen molar-refractivity contribution in [2.75, 3.05) is 0 Å². The molecular weight excluding hydrogens is 182 g/mol. The molecule has 0 radical (unpaired) electrons. The number of aryl methyl sites for hydroxylation is 1.